The van der Waals surface area contributed by atoms with Crippen LogP contribution in [0.4, 0.5) is 0 Å². The maximum absolute atomic E-state index is 13.8. The van der Waals surface area contributed by atoms with Crippen molar-refractivity contribution in [1.82, 2.24) is 15.1 Å². The number of amides is 3. The molecule has 1 aromatic carbocycles. The first-order valence-electron chi connectivity index (χ1n) is 12.8. The third-order valence-corrected chi connectivity index (χ3v) is 7.19. The van der Waals surface area contributed by atoms with Crippen LogP contribution < -0.4 is 5.32 Å². The molecule has 1 spiro atoms. The highest BCUT2D eigenvalue weighted by molar-refractivity contribution is 5.98. The maximum atomic E-state index is 13.8. The standard InChI is InChI=1S/C27H39N3O5/c1-19-7-9-20(10-8-19)25(33)30-22(24(32)28-17-21-6-5-15-34-21)18-35-27(30)11-13-29(14-12-27)23(31)16-26(2,3)4/h7-10,21-22H,5-6,11-18H2,1-4H3,(H,28,32). The Labute approximate surface area is 208 Å². The van der Waals surface area contributed by atoms with Gasteiger partial charge in [-0.1, -0.05) is 38.5 Å². The van der Waals surface area contributed by atoms with Gasteiger partial charge < -0.3 is 19.7 Å². The molecule has 3 amide bonds. The summed E-state index contributed by atoms with van der Waals surface area (Å²) in [5, 5.41) is 2.98. The Morgan fingerprint density at radius 3 is 2.40 bits per heavy atom. The lowest BCUT2D eigenvalue weighted by Crippen LogP contribution is -2.60. The number of likely N-dealkylation sites (tertiary alicyclic amines) is 1. The lowest BCUT2D eigenvalue weighted by Gasteiger charge is -2.45. The van der Waals surface area contributed by atoms with Crippen LogP contribution in [-0.4, -0.2) is 78.2 Å². The normalized spacial score (nSPS) is 24.1. The summed E-state index contributed by atoms with van der Waals surface area (Å²) in [6.07, 6.45) is 3.38. The van der Waals surface area contributed by atoms with E-state index in [-0.39, 0.29) is 35.8 Å². The number of hydrogen-bond donors (Lipinski definition) is 1. The number of carbonyl (C=O) groups excluding carboxylic acids is 3. The van der Waals surface area contributed by atoms with E-state index in [1.54, 1.807) is 17.0 Å². The van der Waals surface area contributed by atoms with Crippen LogP contribution in [0, 0.1) is 12.3 Å². The molecule has 2 unspecified atom stereocenters. The molecule has 1 N–H and O–H groups in total. The van der Waals surface area contributed by atoms with Gasteiger partial charge in [-0.2, -0.15) is 0 Å². The zero-order chi connectivity index (χ0) is 25.2. The Hall–Kier alpha value is -2.45. The smallest absolute Gasteiger partial charge is 0.256 e. The molecule has 3 fully saturated rings. The molecule has 1 aromatic rings. The Kier molecular flexibility index (Phi) is 7.52. The number of piperidine rings is 1. The second-order valence-electron chi connectivity index (χ2n) is 11.3. The summed E-state index contributed by atoms with van der Waals surface area (Å²) >= 11 is 0. The molecule has 0 radical (unpaired) electrons. The van der Waals surface area contributed by atoms with Crippen molar-refractivity contribution in [3.63, 3.8) is 0 Å². The first-order valence-corrected chi connectivity index (χ1v) is 12.8. The second-order valence-corrected chi connectivity index (χ2v) is 11.3. The average Bonchev–Trinajstić information content (AvgIpc) is 3.45. The van der Waals surface area contributed by atoms with E-state index in [9.17, 15) is 14.4 Å². The molecule has 0 aromatic heterocycles. The van der Waals surface area contributed by atoms with Gasteiger partial charge in [0.15, 0.2) is 0 Å². The molecule has 3 aliphatic heterocycles. The van der Waals surface area contributed by atoms with Gasteiger partial charge >= 0.3 is 0 Å². The van der Waals surface area contributed by atoms with Crippen LogP contribution in [0.2, 0.25) is 0 Å². The lowest BCUT2D eigenvalue weighted by atomic mass is 9.90. The van der Waals surface area contributed by atoms with Crippen molar-refractivity contribution in [2.45, 2.75) is 77.7 Å². The van der Waals surface area contributed by atoms with E-state index in [2.05, 4.69) is 26.1 Å². The summed E-state index contributed by atoms with van der Waals surface area (Å²) in [5.74, 6) is -0.314. The van der Waals surface area contributed by atoms with Crippen molar-refractivity contribution in [2.24, 2.45) is 5.41 Å². The number of ether oxygens (including phenoxy) is 2. The van der Waals surface area contributed by atoms with Crippen LogP contribution in [0.25, 0.3) is 0 Å². The van der Waals surface area contributed by atoms with Gasteiger partial charge in [-0.3, -0.25) is 19.3 Å². The van der Waals surface area contributed by atoms with Crippen molar-refractivity contribution >= 4 is 17.7 Å². The Balaban J connectivity index is 1.51. The summed E-state index contributed by atoms with van der Waals surface area (Å²) in [5.41, 5.74) is 0.608. The fourth-order valence-corrected chi connectivity index (χ4v) is 5.21. The minimum atomic E-state index is -0.896. The molecule has 4 rings (SSSR count). The minimum absolute atomic E-state index is 0.0218. The molecule has 2 atom stereocenters. The monoisotopic (exact) mass is 485 g/mol. The third kappa shape index (κ3) is 5.86. The summed E-state index contributed by atoms with van der Waals surface area (Å²) in [6.45, 7) is 10.4. The number of nitrogens with zero attached hydrogens (tertiary/aromatic N) is 2. The van der Waals surface area contributed by atoms with E-state index in [0.29, 0.717) is 44.5 Å². The molecular weight excluding hydrogens is 446 g/mol. The van der Waals surface area contributed by atoms with Gasteiger partial charge in [-0.15, -0.1) is 0 Å². The third-order valence-electron chi connectivity index (χ3n) is 7.19. The number of nitrogens with one attached hydrogen (secondary N) is 1. The molecule has 192 valence electrons. The largest absolute Gasteiger partial charge is 0.376 e. The molecule has 0 bridgehead atoms. The van der Waals surface area contributed by atoms with E-state index in [1.807, 2.05) is 24.0 Å². The van der Waals surface area contributed by atoms with Crippen LogP contribution in [0.1, 0.15) is 68.8 Å². The van der Waals surface area contributed by atoms with Crippen LogP contribution in [0.3, 0.4) is 0 Å². The minimum Gasteiger partial charge on any atom is -0.376 e. The Morgan fingerprint density at radius 2 is 1.80 bits per heavy atom. The molecule has 35 heavy (non-hydrogen) atoms. The zero-order valence-electron chi connectivity index (χ0n) is 21.5. The summed E-state index contributed by atoms with van der Waals surface area (Å²) in [7, 11) is 0. The first-order chi connectivity index (χ1) is 16.6. The van der Waals surface area contributed by atoms with E-state index in [0.717, 1.165) is 25.0 Å². The van der Waals surface area contributed by atoms with Gasteiger partial charge in [0.25, 0.3) is 5.91 Å². The summed E-state index contributed by atoms with van der Waals surface area (Å²) < 4.78 is 11.9. The van der Waals surface area contributed by atoms with E-state index < -0.39 is 11.8 Å². The predicted octanol–water partition coefficient (Wildman–Crippen LogP) is 2.89. The van der Waals surface area contributed by atoms with E-state index in [1.165, 1.54) is 0 Å². The average molecular weight is 486 g/mol. The highest BCUT2D eigenvalue weighted by atomic mass is 16.5. The molecule has 3 aliphatic rings. The quantitative estimate of drug-likeness (QED) is 0.693. The van der Waals surface area contributed by atoms with Gasteiger partial charge in [0, 0.05) is 51.1 Å². The van der Waals surface area contributed by atoms with E-state index in [4.69, 9.17) is 9.47 Å². The molecule has 3 heterocycles. The Bertz CT molecular complexity index is 925. The highest BCUT2D eigenvalue weighted by Gasteiger charge is 2.54. The highest BCUT2D eigenvalue weighted by Crippen LogP contribution is 2.39. The van der Waals surface area contributed by atoms with Crippen LogP contribution >= 0.6 is 0 Å². The first kappa shape index (κ1) is 25.6. The van der Waals surface area contributed by atoms with Crippen molar-refractivity contribution in [3.8, 4) is 0 Å². The second kappa shape index (κ2) is 10.3. The van der Waals surface area contributed by atoms with Gasteiger partial charge in [0.2, 0.25) is 11.8 Å². The molecule has 8 nitrogen and oxygen atoms in total. The van der Waals surface area contributed by atoms with Crippen LogP contribution in [0.5, 0.6) is 0 Å². The number of hydrogen-bond acceptors (Lipinski definition) is 5. The molecular formula is C27H39N3O5. The summed E-state index contributed by atoms with van der Waals surface area (Å²) in [4.78, 5) is 43.3. The predicted molar refractivity (Wildman–Crippen MR) is 132 cm³/mol. The topological polar surface area (TPSA) is 88.2 Å². The van der Waals surface area contributed by atoms with Crippen molar-refractivity contribution < 1.29 is 23.9 Å². The Morgan fingerprint density at radius 1 is 1.11 bits per heavy atom. The number of benzene rings is 1. The molecule has 3 saturated heterocycles. The van der Waals surface area contributed by atoms with Gasteiger partial charge in [-0.05, 0) is 37.3 Å². The zero-order valence-corrected chi connectivity index (χ0v) is 21.5. The van der Waals surface area contributed by atoms with Crippen LogP contribution in [0.15, 0.2) is 24.3 Å². The van der Waals surface area contributed by atoms with Crippen molar-refractivity contribution in [2.75, 3.05) is 32.8 Å². The van der Waals surface area contributed by atoms with Gasteiger partial charge in [-0.25, -0.2) is 0 Å². The fraction of sp³-hybridized carbons (Fsp3) is 0.667. The van der Waals surface area contributed by atoms with Crippen molar-refractivity contribution in [1.29, 1.82) is 0 Å². The van der Waals surface area contributed by atoms with Crippen molar-refractivity contribution in [3.05, 3.63) is 35.4 Å². The molecule has 0 aliphatic carbocycles. The maximum Gasteiger partial charge on any atom is 0.256 e. The van der Waals surface area contributed by atoms with Gasteiger partial charge in [0.05, 0.1) is 12.7 Å². The van der Waals surface area contributed by atoms with Gasteiger partial charge in [0.1, 0.15) is 11.8 Å². The fourth-order valence-electron chi connectivity index (χ4n) is 5.21. The number of rotatable bonds is 5. The number of carbonyl (C=O) groups is 3. The molecule has 0 saturated carbocycles. The molecule has 8 heteroatoms. The SMILES string of the molecule is Cc1ccc(C(=O)N2C(C(=O)NCC3CCCO3)COC23CCN(C(=O)CC(C)(C)C)CC3)cc1. The van der Waals surface area contributed by atoms with E-state index >= 15 is 0 Å². The summed E-state index contributed by atoms with van der Waals surface area (Å²) in [6, 6.07) is 6.68. The van der Waals surface area contributed by atoms with Crippen LogP contribution in [-0.2, 0) is 19.1 Å². The lowest BCUT2D eigenvalue weighted by molar-refractivity contribution is -0.145. The number of aryl methyl sites for hydroxylation is 1.